The zero-order valence-electron chi connectivity index (χ0n) is 19.2. The van der Waals surface area contributed by atoms with Gasteiger partial charge in [0.25, 0.3) is 0 Å². The van der Waals surface area contributed by atoms with Gasteiger partial charge in [0.1, 0.15) is 11.6 Å². The zero-order chi connectivity index (χ0) is 24.6. The lowest BCUT2D eigenvalue weighted by Crippen LogP contribution is -2.01. The molecule has 0 amide bonds. The van der Waals surface area contributed by atoms with Crippen molar-refractivity contribution in [1.82, 2.24) is 24.7 Å². The van der Waals surface area contributed by atoms with Crippen LogP contribution in [0.3, 0.4) is 0 Å². The van der Waals surface area contributed by atoms with Gasteiger partial charge in [-0.2, -0.15) is 5.10 Å². The van der Waals surface area contributed by atoms with Gasteiger partial charge in [0, 0.05) is 35.3 Å². The molecule has 0 atom stereocenters. The summed E-state index contributed by atoms with van der Waals surface area (Å²) in [6.45, 7) is 1.93. The Labute approximate surface area is 205 Å². The molecule has 0 saturated carbocycles. The van der Waals surface area contributed by atoms with Crippen LogP contribution in [-0.2, 0) is 0 Å². The van der Waals surface area contributed by atoms with Crippen molar-refractivity contribution >= 4 is 11.0 Å². The van der Waals surface area contributed by atoms with Crippen LogP contribution in [0.1, 0.15) is 5.69 Å². The third-order valence-electron chi connectivity index (χ3n) is 6.10. The Balaban J connectivity index is 1.80. The van der Waals surface area contributed by atoms with E-state index in [1.807, 2.05) is 31.2 Å². The summed E-state index contributed by atoms with van der Waals surface area (Å²) in [5.41, 5.74) is 6.92. The average Bonchev–Trinajstić information content (AvgIpc) is 3.25. The maximum absolute atomic E-state index is 13.9. The van der Waals surface area contributed by atoms with Gasteiger partial charge in [0.05, 0.1) is 28.7 Å². The van der Waals surface area contributed by atoms with E-state index in [0.717, 1.165) is 44.6 Å². The van der Waals surface area contributed by atoms with E-state index in [1.54, 1.807) is 53.7 Å². The molecule has 0 aliphatic heterocycles. The lowest BCUT2D eigenvalue weighted by atomic mass is 9.89. The van der Waals surface area contributed by atoms with Crippen molar-refractivity contribution < 1.29 is 8.78 Å². The molecular formula is C29H19F2N5. The minimum absolute atomic E-state index is 0.323. The highest BCUT2D eigenvalue weighted by molar-refractivity contribution is 6.07. The minimum Gasteiger partial charge on any atom is -0.265 e. The molecule has 5 nitrogen and oxygen atoms in total. The Morgan fingerprint density at radius 2 is 1.31 bits per heavy atom. The topological polar surface area (TPSA) is 56.5 Å². The van der Waals surface area contributed by atoms with Crippen molar-refractivity contribution in [3.8, 4) is 39.2 Å². The first-order valence-corrected chi connectivity index (χ1v) is 11.4. The molecule has 4 heterocycles. The molecule has 0 aliphatic carbocycles. The maximum Gasteiger partial charge on any atom is 0.164 e. The smallest absolute Gasteiger partial charge is 0.164 e. The molecule has 0 unspecified atom stereocenters. The van der Waals surface area contributed by atoms with E-state index in [0.29, 0.717) is 11.3 Å². The van der Waals surface area contributed by atoms with Crippen molar-refractivity contribution in [2.24, 2.45) is 0 Å². The molecular weight excluding hydrogens is 456 g/mol. The number of nitrogens with zero attached hydrogens (tertiary/aromatic N) is 5. The summed E-state index contributed by atoms with van der Waals surface area (Å²) in [7, 11) is 0. The van der Waals surface area contributed by atoms with E-state index in [1.165, 1.54) is 24.3 Å². The van der Waals surface area contributed by atoms with Crippen LogP contribution >= 0.6 is 0 Å². The molecule has 6 aromatic rings. The molecule has 0 bridgehead atoms. The van der Waals surface area contributed by atoms with Crippen molar-refractivity contribution in [2.45, 2.75) is 6.92 Å². The first kappa shape index (κ1) is 21.7. The van der Waals surface area contributed by atoms with Crippen LogP contribution in [0.15, 0.2) is 97.6 Å². The number of rotatable bonds is 4. The van der Waals surface area contributed by atoms with Gasteiger partial charge < -0.3 is 0 Å². The van der Waals surface area contributed by atoms with Crippen LogP contribution in [0, 0.1) is 18.6 Å². The van der Waals surface area contributed by atoms with E-state index in [9.17, 15) is 8.78 Å². The number of hydrogen-bond acceptors (Lipinski definition) is 4. The quantitative estimate of drug-likeness (QED) is 0.281. The number of aryl methyl sites for hydroxylation is 1. The van der Waals surface area contributed by atoms with Crippen molar-refractivity contribution in [3.63, 3.8) is 0 Å². The second-order valence-corrected chi connectivity index (χ2v) is 8.37. The maximum atomic E-state index is 13.9. The molecule has 0 fully saturated rings. The number of fused-ring (bicyclic) bond motifs is 1. The molecule has 7 heteroatoms. The number of pyridine rings is 3. The van der Waals surface area contributed by atoms with Crippen LogP contribution in [0.5, 0.6) is 0 Å². The van der Waals surface area contributed by atoms with Gasteiger partial charge in [0.15, 0.2) is 5.65 Å². The van der Waals surface area contributed by atoms with Crippen LogP contribution in [0.2, 0.25) is 0 Å². The summed E-state index contributed by atoms with van der Waals surface area (Å²) < 4.78 is 29.6. The molecule has 36 heavy (non-hydrogen) atoms. The highest BCUT2D eigenvalue weighted by Crippen LogP contribution is 2.44. The molecule has 0 aliphatic rings. The number of benzene rings is 2. The summed E-state index contributed by atoms with van der Waals surface area (Å²) in [5.74, 6) is -0.656. The number of aromatic nitrogens is 5. The molecule has 0 spiro atoms. The third kappa shape index (κ3) is 3.71. The van der Waals surface area contributed by atoms with E-state index < -0.39 is 0 Å². The van der Waals surface area contributed by atoms with Gasteiger partial charge in [-0.15, -0.1) is 0 Å². The van der Waals surface area contributed by atoms with E-state index in [4.69, 9.17) is 10.1 Å². The second kappa shape index (κ2) is 8.78. The summed E-state index contributed by atoms with van der Waals surface area (Å²) in [4.78, 5) is 13.5. The second-order valence-electron chi connectivity index (χ2n) is 8.37. The molecule has 0 radical (unpaired) electrons. The van der Waals surface area contributed by atoms with Crippen LogP contribution < -0.4 is 0 Å². The molecule has 0 saturated heterocycles. The SMILES string of the molecule is Cc1nn(-c2cccnc2)c2nc(-c3ccc(F)cc3)c(-c3ccncc3)c(-c3ccc(F)cc3)c12. The van der Waals surface area contributed by atoms with Gasteiger partial charge in [0.2, 0.25) is 0 Å². The average molecular weight is 476 g/mol. The first-order valence-electron chi connectivity index (χ1n) is 11.4. The lowest BCUT2D eigenvalue weighted by Gasteiger charge is -2.17. The van der Waals surface area contributed by atoms with E-state index in [2.05, 4.69) is 9.97 Å². The first-order chi connectivity index (χ1) is 17.6. The third-order valence-corrected chi connectivity index (χ3v) is 6.10. The van der Waals surface area contributed by atoms with Gasteiger partial charge in [-0.05, 0) is 78.7 Å². The molecule has 0 N–H and O–H groups in total. The van der Waals surface area contributed by atoms with Crippen LogP contribution in [0.4, 0.5) is 8.78 Å². The minimum atomic E-state index is -0.333. The normalized spacial score (nSPS) is 11.2. The molecule has 174 valence electrons. The summed E-state index contributed by atoms with van der Waals surface area (Å²) in [6.07, 6.45) is 6.85. The van der Waals surface area contributed by atoms with Crippen molar-refractivity contribution in [3.05, 3.63) is 115 Å². The van der Waals surface area contributed by atoms with Crippen molar-refractivity contribution in [1.29, 1.82) is 0 Å². The fraction of sp³-hybridized carbons (Fsp3) is 0.0345. The summed E-state index contributed by atoms with van der Waals surface area (Å²) in [6, 6.07) is 20.2. The fourth-order valence-corrected chi connectivity index (χ4v) is 4.50. The largest absolute Gasteiger partial charge is 0.265 e. The van der Waals surface area contributed by atoms with Crippen LogP contribution in [-0.4, -0.2) is 24.7 Å². The Bertz CT molecular complexity index is 1680. The summed E-state index contributed by atoms with van der Waals surface area (Å²) in [5, 5.41) is 5.65. The monoisotopic (exact) mass is 475 g/mol. The number of halogens is 2. The van der Waals surface area contributed by atoms with E-state index >= 15 is 0 Å². The predicted octanol–water partition coefficient (Wildman–Crippen LogP) is 6.80. The van der Waals surface area contributed by atoms with Gasteiger partial charge >= 0.3 is 0 Å². The lowest BCUT2D eigenvalue weighted by molar-refractivity contribution is 0.627. The Morgan fingerprint density at radius 1 is 0.667 bits per heavy atom. The van der Waals surface area contributed by atoms with Crippen molar-refractivity contribution in [2.75, 3.05) is 0 Å². The van der Waals surface area contributed by atoms with Gasteiger partial charge in [-0.25, -0.2) is 18.4 Å². The number of hydrogen-bond donors (Lipinski definition) is 0. The standard InChI is InChI=1S/C29H19F2N5/c1-18-25-26(19-4-8-22(30)9-5-19)27(20-12-15-32-16-13-20)28(21-6-10-23(31)11-7-21)34-29(25)36(35-18)24-3-2-14-33-17-24/h2-17H,1H3. The highest BCUT2D eigenvalue weighted by atomic mass is 19.1. The molecule has 2 aromatic carbocycles. The summed E-state index contributed by atoms with van der Waals surface area (Å²) >= 11 is 0. The predicted molar refractivity (Wildman–Crippen MR) is 135 cm³/mol. The molecule has 4 aromatic heterocycles. The Hall–Kier alpha value is -4.78. The van der Waals surface area contributed by atoms with Gasteiger partial charge in [-0.3, -0.25) is 9.97 Å². The fourth-order valence-electron chi connectivity index (χ4n) is 4.50. The van der Waals surface area contributed by atoms with E-state index in [-0.39, 0.29) is 11.6 Å². The Morgan fingerprint density at radius 3 is 1.94 bits per heavy atom. The van der Waals surface area contributed by atoms with Crippen LogP contribution in [0.25, 0.3) is 50.2 Å². The Kier molecular flexibility index (Phi) is 5.30. The molecule has 6 rings (SSSR count). The zero-order valence-corrected chi connectivity index (χ0v) is 19.2. The highest BCUT2D eigenvalue weighted by Gasteiger charge is 2.24. The van der Waals surface area contributed by atoms with Gasteiger partial charge in [-0.1, -0.05) is 12.1 Å².